The van der Waals surface area contributed by atoms with Crippen molar-refractivity contribution in [3.8, 4) is 0 Å². The van der Waals surface area contributed by atoms with Gasteiger partial charge in [-0.1, -0.05) is 19.1 Å². The summed E-state index contributed by atoms with van der Waals surface area (Å²) >= 11 is 0. The zero-order valence-corrected chi connectivity index (χ0v) is 11.8. The Labute approximate surface area is 119 Å². The van der Waals surface area contributed by atoms with Gasteiger partial charge in [0.05, 0.1) is 11.3 Å². The first kappa shape index (κ1) is 14.1. The van der Waals surface area contributed by atoms with Crippen LogP contribution in [0.1, 0.15) is 29.3 Å². The normalized spacial score (nSPS) is 10.1. The molecule has 2 N–H and O–H groups in total. The maximum absolute atomic E-state index is 12.3. The zero-order chi connectivity index (χ0) is 14.4. The summed E-state index contributed by atoms with van der Waals surface area (Å²) < 4.78 is 0. The summed E-state index contributed by atoms with van der Waals surface area (Å²) in [6, 6.07) is 9.55. The largest absolute Gasteiger partial charge is 0.384 e. The number of carbonyl (C=O) groups is 1. The highest BCUT2D eigenvalue weighted by Gasteiger charge is 2.11. The van der Waals surface area contributed by atoms with E-state index in [9.17, 15) is 4.79 Å². The number of aryl methyl sites for hydroxylation is 1. The highest BCUT2D eigenvalue weighted by Crippen LogP contribution is 2.17. The van der Waals surface area contributed by atoms with E-state index in [4.69, 9.17) is 0 Å². The highest BCUT2D eigenvalue weighted by atomic mass is 16.1. The Morgan fingerprint density at radius 2 is 2.15 bits per heavy atom. The summed E-state index contributed by atoms with van der Waals surface area (Å²) in [6.45, 7) is 4.91. The summed E-state index contributed by atoms with van der Waals surface area (Å²) in [5, 5.41) is 6.14. The molecule has 0 fully saturated rings. The van der Waals surface area contributed by atoms with Gasteiger partial charge in [0.2, 0.25) is 0 Å². The maximum Gasteiger partial charge on any atom is 0.259 e. The maximum atomic E-state index is 12.3. The molecule has 1 aromatic carbocycles. The van der Waals surface area contributed by atoms with Crippen molar-refractivity contribution in [1.29, 1.82) is 0 Å². The van der Waals surface area contributed by atoms with Gasteiger partial charge in [0.15, 0.2) is 0 Å². The zero-order valence-electron chi connectivity index (χ0n) is 11.8. The fourth-order valence-corrected chi connectivity index (χ4v) is 1.91. The predicted octanol–water partition coefficient (Wildman–Crippen LogP) is 3.46. The number of nitrogens with one attached hydrogen (secondary N) is 2. The molecule has 0 unspecified atom stereocenters. The lowest BCUT2D eigenvalue weighted by Gasteiger charge is -2.11. The third kappa shape index (κ3) is 3.57. The van der Waals surface area contributed by atoms with E-state index in [1.807, 2.05) is 37.3 Å². The van der Waals surface area contributed by atoms with Crippen LogP contribution in [0.3, 0.4) is 0 Å². The van der Waals surface area contributed by atoms with Crippen LogP contribution in [0.25, 0.3) is 0 Å². The molecule has 0 spiro atoms. The van der Waals surface area contributed by atoms with E-state index in [1.54, 1.807) is 12.4 Å². The Balaban J connectivity index is 2.16. The fraction of sp³-hybridized carbons (Fsp3) is 0.250. The molecule has 2 aromatic rings. The highest BCUT2D eigenvalue weighted by molar-refractivity contribution is 6.07. The summed E-state index contributed by atoms with van der Waals surface area (Å²) in [5.74, 6) is -0.151. The molecule has 0 aliphatic rings. The molecule has 20 heavy (non-hydrogen) atoms. The molecule has 0 saturated heterocycles. The number of pyridine rings is 1. The van der Waals surface area contributed by atoms with E-state index < -0.39 is 0 Å². The molecule has 104 valence electrons. The van der Waals surface area contributed by atoms with Gasteiger partial charge in [0.25, 0.3) is 5.91 Å². The molecular weight excluding hydrogens is 250 g/mol. The lowest BCUT2D eigenvalue weighted by atomic mass is 10.2. The molecule has 0 radical (unpaired) electrons. The summed E-state index contributed by atoms with van der Waals surface area (Å²) in [5.41, 5.74) is 3.27. The van der Waals surface area contributed by atoms with Gasteiger partial charge in [-0.3, -0.25) is 9.78 Å². The van der Waals surface area contributed by atoms with Crippen LogP contribution in [0.15, 0.2) is 42.7 Å². The Morgan fingerprint density at radius 3 is 2.90 bits per heavy atom. The average Bonchev–Trinajstić information content (AvgIpc) is 2.45. The number of hydrogen-bond donors (Lipinski definition) is 2. The van der Waals surface area contributed by atoms with Gasteiger partial charge in [0.1, 0.15) is 0 Å². The second kappa shape index (κ2) is 6.70. The molecule has 0 saturated carbocycles. The Kier molecular flexibility index (Phi) is 4.71. The molecule has 1 heterocycles. The summed E-state index contributed by atoms with van der Waals surface area (Å²) in [7, 11) is 0. The van der Waals surface area contributed by atoms with Gasteiger partial charge in [-0.2, -0.15) is 0 Å². The number of amides is 1. The second-order valence-corrected chi connectivity index (χ2v) is 4.67. The van der Waals surface area contributed by atoms with Crippen LogP contribution in [0, 0.1) is 6.92 Å². The molecular formula is C16H19N3O. The number of benzene rings is 1. The van der Waals surface area contributed by atoms with Gasteiger partial charge in [-0.15, -0.1) is 0 Å². The SMILES string of the molecule is CCCNc1ccncc1C(=O)Nc1cccc(C)c1. The minimum Gasteiger partial charge on any atom is -0.384 e. The molecule has 4 heteroatoms. The predicted molar refractivity (Wildman–Crippen MR) is 82.1 cm³/mol. The standard InChI is InChI=1S/C16H19N3O/c1-3-8-18-15-7-9-17-11-14(15)16(20)19-13-6-4-5-12(2)10-13/h4-7,9-11H,3,8H2,1-2H3,(H,17,18)(H,19,20). The smallest absolute Gasteiger partial charge is 0.259 e. The Morgan fingerprint density at radius 1 is 1.30 bits per heavy atom. The first-order chi connectivity index (χ1) is 9.70. The molecule has 0 atom stereocenters. The van der Waals surface area contributed by atoms with Crippen molar-refractivity contribution in [3.63, 3.8) is 0 Å². The lowest BCUT2D eigenvalue weighted by Crippen LogP contribution is -2.15. The Hall–Kier alpha value is -2.36. The van der Waals surface area contributed by atoms with Crippen LogP contribution in [0.4, 0.5) is 11.4 Å². The molecule has 1 aromatic heterocycles. The van der Waals surface area contributed by atoms with E-state index in [2.05, 4.69) is 22.5 Å². The molecule has 2 rings (SSSR count). The van der Waals surface area contributed by atoms with Gasteiger partial charge < -0.3 is 10.6 Å². The van der Waals surface area contributed by atoms with Crippen molar-refractivity contribution >= 4 is 17.3 Å². The Bertz CT molecular complexity index is 596. The third-order valence-corrected chi connectivity index (χ3v) is 2.91. The minimum absolute atomic E-state index is 0.151. The van der Waals surface area contributed by atoms with Crippen LogP contribution in [0.2, 0.25) is 0 Å². The quantitative estimate of drug-likeness (QED) is 0.874. The van der Waals surface area contributed by atoms with Crippen LogP contribution in [0.5, 0.6) is 0 Å². The van der Waals surface area contributed by atoms with Gasteiger partial charge in [-0.25, -0.2) is 0 Å². The first-order valence-electron chi connectivity index (χ1n) is 6.76. The van der Waals surface area contributed by atoms with Crippen LogP contribution >= 0.6 is 0 Å². The lowest BCUT2D eigenvalue weighted by molar-refractivity contribution is 0.102. The van der Waals surface area contributed by atoms with E-state index in [0.29, 0.717) is 5.56 Å². The van der Waals surface area contributed by atoms with Crippen LogP contribution in [-0.4, -0.2) is 17.4 Å². The van der Waals surface area contributed by atoms with Crippen molar-refractivity contribution in [3.05, 3.63) is 53.9 Å². The molecule has 0 aliphatic heterocycles. The van der Waals surface area contributed by atoms with Crippen molar-refractivity contribution in [1.82, 2.24) is 4.98 Å². The van der Waals surface area contributed by atoms with Crippen LogP contribution in [-0.2, 0) is 0 Å². The number of carbonyl (C=O) groups excluding carboxylic acids is 1. The van der Waals surface area contributed by atoms with E-state index in [-0.39, 0.29) is 5.91 Å². The summed E-state index contributed by atoms with van der Waals surface area (Å²) in [4.78, 5) is 16.4. The van der Waals surface area contributed by atoms with E-state index in [1.165, 1.54) is 0 Å². The molecule has 1 amide bonds. The van der Waals surface area contributed by atoms with Crippen molar-refractivity contribution in [2.75, 3.05) is 17.2 Å². The van der Waals surface area contributed by atoms with Crippen molar-refractivity contribution in [2.45, 2.75) is 20.3 Å². The fourth-order valence-electron chi connectivity index (χ4n) is 1.91. The van der Waals surface area contributed by atoms with Gasteiger partial charge in [0, 0.05) is 24.6 Å². The molecule has 0 aliphatic carbocycles. The topological polar surface area (TPSA) is 54.0 Å². The van der Waals surface area contributed by atoms with E-state index >= 15 is 0 Å². The monoisotopic (exact) mass is 269 g/mol. The van der Waals surface area contributed by atoms with Crippen LogP contribution < -0.4 is 10.6 Å². The van der Waals surface area contributed by atoms with Gasteiger partial charge >= 0.3 is 0 Å². The summed E-state index contributed by atoms with van der Waals surface area (Å²) in [6.07, 6.45) is 4.27. The number of anilines is 2. The number of nitrogens with zero attached hydrogens (tertiary/aromatic N) is 1. The number of hydrogen-bond acceptors (Lipinski definition) is 3. The minimum atomic E-state index is -0.151. The van der Waals surface area contributed by atoms with E-state index in [0.717, 1.165) is 29.9 Å². The number of rotatable bonds is 5. The second-order valence-electron chi connectivity index (χ2n) is 4.67. The third-order valence-electron chi connectivity index (χ3n) is 2.91. The van der Waals surface area contributed by atoms with Crippen molar-refractivity contribution in [2.24, 2.45) is 0 Å². The molecule has 4 nitrogen and oxygen atoms in total. The van der Waals surface area contributed by atoms with Crippen molar-refractivity contribution < 1.29 is 4.79 Å². The average molecular weight is 269 g/mol. The first-order valence-corrected chi connectivity index (χ1v) is 6.76. The number of aromatic nitrogens is 1. The van der Waals surface area contributed by atoms with Gasteiger partial charge in [-0.05, 0) is 37.1 Å². The molecule has 0 bridgehead atoms.